The van der Waals surface area contributed by atoms with Gasteiger partial charge in [0.15, 0.2) is 5.78 Å². The van der Waals surface area contributed by atoms with E-state index in [4.69, 9.17) is 5.26 Å². The largest absolute Gasteiger partial charge is 0.294 e. The monoisotopic (exact) mass is 285 g/mol. The van der Waals surface area contributed by atoms with Gasteiger partial charge >= 0.3 is 0 Å². The quantitative estimate of drug-likeness (QED) is 0.768. The highest BCUT2D eigenvalue weighted by Gasteiger charge is 2.35. The lowest BCUT2D eigenvalue weighted by Crippen LogP contribution is -2.32. The Kier molecular flexibility index (Phi) is 3.85. The molecule has 0 N–H and O–H groups in total. The first kappa shape index (κ1) is 13.7. The molecule has 0 saturated carbocycles. The minimum atomic E-state index is 0.193. The summed E-state index contributed by atoms with van der Waals surface area (Å²) in [6.45, 7) is 1.90. The van der Waals surface area contributed by atoms with Crippen LogP contribution in [0.15, 0.2) is 18.2 Å². The lowest BCUT2D eigenvalue weighted by Gasteiger charge is -2.38. The molecule has 104 valence electrons. The highest BCUT2D eigenvalue weighted by atomic mass is 32.2. The maximum Gasteiger partial charge on any atom is 0.166 e. The average molecular weight is 285 g/mol. The smallest absolute Gasteiger partial charge is 0.166 e. The summed E-state index contributed by atoms with van der Waals surface area (Å²) in [6.07, 6.45) is 5.96. The number of aryl methyl sites for hydroxylation is 1. The molecule has 0 aliphatic carbocycles. The molecule has 3 heteroatoms. The second kappa shape index (κ2) is 5.61. The number of fused-ring (bicyclic) bond motifs is 2. The molecule has 2 heterocycles. The lowest BCUT2D eigenvalue weighted by molar-refractivity contribution is 0.0896. The van der Waals surface area contributed by atoms with Crippen molar-refractivity contribution in [1.82, 2.24) is 0 Å². The molecule has 2 aliphatic heterocycles. The molecule has 1 aromatic rings. The van der Waals surface area contributed by atoms with Gasteiger partial charge in [0.25, 0.3) is 0 Å². The van der Waals surface area contributed by atoms with Gasteiger partial charge in [-0.05, 0) is 50.3 Å². The number of carbonyl (C=O) groups is 1. The Morgan fingerprint density at radius 1 is 1.30 bits per heavy atom. The van der Waals surface area contributed by atoms with E-state index in [9.17, 15) is 4.79 Å². The Balaban J connectivity index is 1.79. The molecular weight excluding hydrogens is 266 g/mol. The zero-order valence-corrected chi connectivity index (χ0v) is 12.6. The van der Waals surface area contributed by atoms with Crippen molar-refractivity contribution in [3.63, 3.8) is 0 Å². The molecule has 0 aromatic heterocycles. The van der Waals surface area contributed by atoms with Crippen LogP contribution in [-0.2, 0) is 0 Å². The fourth-order valence-electron chi connectivity index (χ4n) is 3.45. The Morgan fingerprint density at radius 3 is 2.60 bits per heavy atom. The summed E-state index contributed by atoms with van der Waals surface area (Å²) >= 11 is 2.10. The van der Waals surface area contributed by atoms with Gasteiger partial charge in [0, 0.05) is 22.0 Å². The van der Waals surface area contributed by atoms with Crippen molar-refractivity contribution in [3.8, 4) is 6.07 Å². The molecule has 1 aromatic carbocycles. The lowest BCUT2D eigenvalue weighted by atomic mass is 9.84. The van der Waals surface area contributed by atoms with E-state index in [2.05, 4.69) is 17.8 Å². The second-order valence-electron chi connectivity index (χ2n) is 5.99. The van der Waals surface area contributed by atoms with Gasteiger partial charge < -0.3 is 0 Å². The first-order valence-corrected chi connectivity index (χ1v) is 8.32. The summed E-state index contributed by atoms with van der Waals surface area (Å²) in [6, 6.07) is 7.65. The van der Waals surface area contributed by atoms with E-state index in [1.807, 2.05) is 19.1 Å². The van der Waals surface area contributed by atoms with E-state index in [0.717, 1.165) is 24.0 Å². The topological polar surface area (TPSA) is 40.9 Å². The first-order chi connectivity index (χ1) is 9.67. The summed E-state index contributed by atoms with van der Waals surface area (Å²) < 4.78 is 0. The predicted octanol–water partition coefficient (Wildman–Crippen LogP) is 4.11. The average Bonchev–Trinajstić information content (AvgIpc) is 2.46. The SMILES string of the molecule is Cc1cc(C(=O)C2CC3CCCC(C2)S3)ccc1C#N. The minimum absolute atomic E-state index is 0.193. The van der Waals surface area contributed by atoms with Gasteiger partial charge in [0.2, 0.25) is 0 Å². The summed E-state index contributed by atoms with van der Waals surface area (Å²) in [5.74, 6) is 0.480. The van der Waals surface area contributed by atoms with Gasteiger partial charge in [-0.15, -0.1) is 0 Å². The summed E-state index contributed by atoms with van der Waals surface area (Å²) in [5, 5.41) is 10.3. The third-order valence-electron chi connectivity index (χ3n) is 4.53. The van der Waals surface area contributed by atoms with E-state index < -0.39 is 0 Å². The number of Topliss-reactive ketones (excluding diaryl/α,β-unsaturated/α-hetero) is 1. The van der Waals surface area contributed by atoms with E-state index >= 15 is 0 Å². The molecule has 3 rings (SSSR count). The number of hydrogen-bond donors (Lipinski definition) is 0. The molecule has 2 nitrogen and oxygen atoms in total. The zero-order chi connectivity index (χ0) is 14.1. The molecule has 2 fully saturated rings. The van der Waals surface area contributed by atoms with Crippen LogP contribution in [0.1, 0.15) is 53.6 Å². The van der Waals surface area contributed by atoms with E-state index in [0.29, 0.717) is 16.1 Å². The van der Waals surface area contributed by atoms with Crippen molar-refractivity contribution >= 4 is 17.5 Å². The molecular formula is C17H19NOS. The number of rotatable bonds is 2. The van der Waals surface area contributed by atoms with Gasteiger partial charge in [0.1, 0.15) is 0 Å². The van der Waals surface area contributed by atoms with Gasteiger partial charge in [-0.1, -0.05) is 12.5 Å². The van der Waals surface area contributed by atoms with Crippen LogP contribution in [0, 0.1) is 24.2 Å². The van der Waals surface area contributed by atoms with Gasteiger partial charge in [-0.2, -0.15) is 17.0 Å². The van der Waals surface area contributed by atoms with Gasteiger partial charge in [0.05, 0.1) is 11.6 Å². The highest BCUT2D eigenvalue weighted by Crippen LogP contribution is 2.44. The number of hydrogen-bond acceptors (Lipinski definition) is 3. The fourth-order valence-corrected chi connectivity index (χ4v) is 5.29. The number of benzene rings is 1. The third-order valence-corrected chi connectivity index (χ3v) is 6.16. The molecule has 2 bridgehead atoms. The van der Waals surface area contributed by atoms with Crippen LogP contribution in [0.3, 0.4) is 0 Å². The van der Waals surface area contributed by atoms with Crippen LogP contribution in [0.2, 0.25) is 0 Å². The molecule has 0 amide bonds. The second-order valence-corrected chi connectivity index (χ2v) is 7.59. The van der Waals surface area contributed by atoms with Crippen LogP contribution < -0.4 is 0 Å². The first-order valence-electron chi connectivity index (χ1n) is 7.38. The van der Waals surface area contributed by atoms with E-state index in [1.165, 1.54) is 19.3 Å². The van der Waals surface area contributed by atoms with Crippen LogP contribution in [0.5, 0.6) is 0 Å². The number of ketones is 1. The number of thioether (sulfide) groups is 1. The van der Waals surface area contributed by atoms with Gasteiger partial charge in [-0.25, -0.2) is 0 Å². The van der Waals surface area contributed by atoms with Gasteiger partial charge in [-0.3, -0.25) is 4.79 Å². The number of nitrogens with zero attached hydrogens (tertiary/aromatic N) is 1. The summed E-state index contributed by atoms with van der Waals surface area (Å²) in [5.41, 5.74) is 2.36. The molecule has 2 unspecified atom stereocenters. The maximum absolute atomic E-state index is 12.7. The van der Waals surface area contributed by atoms with Crippen LogP contribution >= 0.6 is 11.8 Å². The molecule has 2 saturated heterocycles. The molecule has 2 aliphatic rings. The molecule has 2 atom stereocenters. The van der Waals surface area contributed by atoms with Crippen molar-refractivity contribution in [2.24, 2.45) is 5.92 Å². The van der Waals surface area contributed by atoms with Crippen LogP contribution in [-0.4, -0.2) is 16.3 Å². The van der Waals surface area contributed by atoms with Crippen LogP contribution in [0.25, 0.3) is 0 Å². The number of nitriles is 1. The van der Waals surface area contributed by atoms with Crippen molar-refractivity contribution in [1.29, 1.82) is 5.26 Å². The van der Waals surface area contributed by atoms with E-state index in [1.54, 1.807) is 6.07 Å². The van der Waals surface area contributed by atoms with Crippen molar-refractivity contribution < 1.29 is 4.79 Å². The zero-order valence-electron chi connectivity index (χ0n) is 11.8. The van der Waals surface area contributed by atoms with E-state index in [-0.39, 0.29) is 11.7 Å². The molecule has 0 spiro atoms. The maximum atomic E-state index is 12.7. The molecule has 20 heavy (non-hydrogen) atoms. The fraction of sp³-hybridized carbons (Fsp3) is 0.529. The standard InChI is InChI=1S/C17H19NOS/c1-11-7-12(5-6-13(11)10-18)17(19)14-8-15-3-2-4-16(9-14)20-15/h5-7,14-16H,2-4,8-9H2,1H3. The Bertz CT molecular complexity index is 563. The summed E-state index contributed by atoms with van der Waals surface area (Å²) in [7, 11) is 0. The highest BCUT2D eigenvalue weighted by molar-refractivity contribution is 8.00. The minimum Gasteiger partial charge on any atom is -0.294 e. The summed E-state index contributed by atoms with van der Waals surface area (Å²) in [4.78, 5) is 12.7. The normalized spacial score (nSPS) is 28.7. The Morgan fingerprint density at radius 2 is 2.00 bits per heavy atom. The Hall–Kier alpha value is -1.27. The number of carbonyl (C=O) groups excluding carboxylic acids is 1. The predicted molar refractivity (Wildman–Crippen MR) is 82.0 cm³/mol. The van der Waals surface area contributed by atoms with Crippen LogP contribution in [0.4, 0.5) is 0 Å². The third kappa shape index (κ3) is 2.62. The molecule has 0 radical (unpaired) electrons. The Labute approximate surface area is 124 Å². The van der Waals surface area contributed by atoms with Crippen molar-refractivity contribution in [2.45, 2.75) is 49.5 Å². The van der Waals surface area contributed by atoms with Crippen molar-refractivity contribution in [2.75, 3.05) is 0 Å². The van der Waals surface area contributed by atoms with Crippen molar-refractivity contribution in [3.05, 3.63) is 34.9 Å².